The van der Waals surface area contributed by atoms with Crippen LogP contribution in [0.15, 0.2) is 24.3 Å². The Kier molecular flexibility index (Phi) is 4.65. The number of hydrogen-bond acceptors (Lipinski definition) is 4. The highest BCUT2D eigenvalue weighted by molar-refractivity contribution is 5.22. The van der Waals surface area contributed by atoms with Crippen LogP contribution in [0.2, 0.25) is 0 Å². The van der Waals surface area contributed by atoms with Gasteiger partial charge in [-0.15, -0.1) is 10.2 Å². The van der Waals surface area contributed by atoms with E-state index in [9.17, 15) is 0 Å². The zero-order valence-corrected chi connectivity index (χ0v) is 11.7. The van der Waals surface area contributed by atoms with E-state index >= 15 is 0 Å². The average molecular weight is 260 g/mol. The quantitative estimate of drug-likeness (QED) is 0.856. The van der Waals surface area contributed by atoms with Crippen molar-refractivity contribution in [2.24, 2.45) is 7.05 Å². The van der Waals surface area contributed by atoms with E-state index in [2.05, 4.69) is 39.8 Å². The molecule has 1 aromatic heterocycles. The summed E-state index contributed by atoms with van der Waals surface area (Å²) >= 11 is 0. The molecule has 1 N–H and O–H groups in total. The van der Waals surface area contributed by atoms with Gasteiger partial charge in [0.15, 0.2) is 0 Å². The van der Waals surface area contributed by atoms with E-state index in [1.165, 1.54) is 11.1 Å². The molecule has 0 radical (unpaired) electrons. The van der Waals surface area contributed by atoms with E-state index in [1.54, 1.807) is 7.11 Å². The van der Waals surface area contributed by atoms with Gasteiger partial charge in [-0.05, 0) is 18.1 Å². The lowest BCUT2D eigenvalue weighted by Gasteiger charge is -2.07. The van der Waals surface area contributed by atoms with E-state index in [4.69, 9.17) is 4.74 Å². The highest BCUT2D eigenvalue weighted by Crippen LogP contribution is 2.06. The summed E-state index contributed by atoms with van der Waals surface area (Å²) in [5.74, 6) is 1.88. The van der Waals surface area contributed by atoms with Crippen LogP contribution < -0.4 is 5.32 Å². The summed E-state index contributed by atoms with van der Waals surface area (Å²) in [4.78, 5) is 0. The third-order valence-corrected chi connectivity index (χ3v) is 3.10. The molecule has 0 fully saturated rings. The van der Waals surface area contributed by atoms with Crippen molar-refractivity contribution in [1.82, 2.24) is 20.1 Å². The number of rotatable bonds is 6. The molecule has 1 heterocycles. The van der Waals surface area contributed by atoms with Crippen molar-refractivity contribution in [1.29, 1.82) is 0 Å². The fourth-order valence-electron chi connectivity index (χ4n) is 1.92. The van der Waals surface area contributed by atoms with E-state index in [1.807, 2.05) is 18.5 Å². The molecule has 0 unspecified atom stereocenters. The van der Waals surface area contributed by atoms with Crippen molar-refractivity contribution in [2.45, 2.75) is 26.6 Å². The summed E-state index contributed by atoms with van der Waals surface area (Å²) in [5.41, 5.74) is 2.43. The second kappa shape index (κ2) is 6.45. The first kappa shape index (κ1) is 13.7. The van der Waals surface area contributed by atoms with Crippen LogP contribution in [0.1, 0.15) is 22.8 Å². The van der Waals surface area contributed by atoms with Gasteiger partial charge in [0.2, 0.25) is 0 Å². The number of nitrogens with zero attached hydrogens (tertiary/aromatic N) is 3. The number of aromatic nitrogens is 3. The fraction of sp³-hybridized carbons (Fsp3) is 0.429. The summed E-state index contributed by atoms with van der Waals surface area (Å²) in [7, 11) is 3.69. The fourth-order valence-corrected chi connectivity index (χ4v) is 1.92. The molecular weight excluding hydrogens is 240 g/mol. The predicted molar refractivity (Wildman–Crippen MR) is 73.4 cm³/mol. The summed E-state index contributed by atoms with van der Waals surface area (Å²) < 4.78 is 7.13. The van der Waals surface area contributed by atoms with Gasteiger partial charge in [0.1, 0.15) is 11.6 Å². The van der Waals surface area contributed by atoms with Gasteiger partial charge in [-0.25, -0.2) is 0 Å². The first-order valence-corrected chi connectivity index (χ1v) is 6.33. The van der Waals surface area contributed by atoms with Gasteiger partial charge >= 0.3 is 0 Å². The van der Waals surface area contributed by atoms with Crippen LogP contribution in [-0.4, -0.2) is 21.9 Å². The molecule has 102 valence electrons. The summed E-state index contributed by atoms with van der Waals surface area (Å²) in [5, 5.41) is 11.5. The van der Waals surface area contributed by atoms with Crippen LogP contribution in [0.5, 0.6) is 0 Å². The summed E-state index contributed by atoms with van der Waals surface area (Å²) in [6.07, 6.45) is 0. The molecule has 0 aliphatic rings. The Balaban J connectivity index is 1.88. The number of benzene rings is 1. The van der Waals surface area contributed by atoms with Crippen LogP contribution in [0.25, 0.3) is 0 Å². The van der Waals surface area contributed by atoms with E-state index < -0.39 is 0 Å². The molecule has 0 amide bonds. The number of nitrogens with one attached hydrogen (secondary N) is 1. The predicted octanol–water partition coefficient (Wildman–Crippen LogP) is 1.56. The zero-order valence-electron chi connectivity index (χ0n) is 11.7. The average Bonchev–Trinajstić information content (AvgIpc) is 2.72. The Morgan fingerprint density at radius 2 is 2.00 bits per heavy atom. The number of methoxy groups -OCH3 is 1. The molecule has 5 nitrogen and oxygen atoms in total. The Bertz CT molecular complexity index is 536. The molecular formula is C14H20N4O. The Hall–Kier alpha value is -1.72. The lowest BCUT2D eigenvalue weighted by molar-refractivity contribution is 0.185. The standard InChI is InChI=1S/C14H20N4O/c1-11-16-17-14(18(11)2)9-15-8-12-5-4-6-13(7-12)10-19-3/h4-7,15H,8-10H2,1-3H3. The molecule has 0 bridgehead atoms. The van der Waals surface area contributed by atoms with Gasteiger partial charge in [-0.1, -0.05) is 24.3 Å². The number of ether oxygens (including phenoxy) is 1. The van der Waals surface area contributed by atoms with Crippen molar-refractivity contribution >= 4 is 0 Å². The molecule has 2 rings (SSSR count). The Labute approximate surface area is 113 Å². The largest absolute Gasteiger partial charge is 0.380 e. The normalized spacial score (nSPS) is 10.9. The van der Waals surface area contributed by atoms with Gasteiger partial charge in [0.05, 0.1) is 13.2 Å². The third-order valence-electron chi connectivity index (χ3n) is 3.10. The van der Waals surface area contributed by atoms with Crippen molar-refractivity contribution in [3.05, 3.63) is 47.0 Å². The van der Waals surface area contributed by atoms with Gasteiger partial charge < -0.3 is 14.6 Å². The molecule has 0 saturated carbocycles. The van der Waals surface area contributed by atoms with Gasteiger partial charge in [0, 0.05) is 20.7 Å². The maximum Gasteiger partial charge on any atom is 0.146 e. The van der Waals surface area contributed by atoms with E-state index in [0.717, 1.165) is 18.2 Å². The van der Waals surface area contributed by atoms with Gasteiger partial charge in [-0.3, -0.25) is 0 Å². The second-order valence-electron chi connectivity index (χ2n) is 4.58. The minimum Gasteiger partial charge on any atom is -0.380 e. The van der Waals surface area contributed by atoms with Gasteiger partial charge in [0.25, 0.3) is 0 Å². The Morgan fingerprint density at radius 3 is 2.68 bits per heavy atom. The van der Waals surface area contributed by atoms with Crippen molar-refractivity contribution < 1.29 is 4.74 Å². The van der Waals surface area contributed by atoms with E-state index in [-0.39, 0.29) is 0 Å². The van der Waals surface area contributed by atoms with Crippen molar-refractivity contribution in [3.63, 3.8) is 0 Å². The van der Waals surface area contributed by atoms with E-state index in [0.29, 0.717) is 13.2 Å². The highest BCUT2D eigenvalue weighted by atomic mass is 16.5. The van der Waals surface area contributed by atoms with Crippen LogP contribution in [-0.2, 0) is 31.5 Å². The topological polar surface area (TPSA) is 52.0 Å². The molecule has 0 atom stereocenters. The third kappa shape index (κ3) is 3.62. The SMILES string of the molecule is COCc1cccc(CNCc2nnc(C)n2C)c1. The number of aryl methyl sites for hydroxylation is 1. The lowest BCUT2D eigenvalue weighted by Crippen LogP contribution is -2.16. The van der Waals surface area contributed by atoms with Crippen LogP contribution in [0.3, 0.4) is 0 Å². The molecule has 2 aromatic rings. The lowest BCUT2D eigenvalue weighted by atomic mass is 10.1. The minimum absolute atomic E-state index is 0.649. The smallest absolute Gasteiger partial charge is 0.146 e. The first-order chi connectivity index (χ1) is 9.20. The summed E-state index contributed by atoms with van der Waals surface area (Å²) in [6, 6.07) is 8.38. The highest BCUT2D eigenvalue weighted by Gasteiger charge is 2.04. The molecule has 0 saturated heterocycles. The number of hydrogen-bond donors (Lipinski definition) is 1. The molecule has 0 aliphatic heterocycles. The second-order valence-corrected chi connectivity index (χ2v) is 4.58. The molecule has 1 aromatic carbocycles. The van der Waals surface area contributed by atoms with Crippen LogP contribution in [0, 0.1) is 6.92 Å². The monoisotopic (exact) mass is 260 g/mol. The maximum absolute atomic E-state index is 5.13. The molecule has 0 aliphatic carbocycles. The van der Waals surface area contributed by atoms with Crippen LogP contribution in [0.4, 0.5) is 0 Å². The summed E-state index contributed by atoms with van der Waals surface area (Å²) in [6.45, 7) is 4.12. The minimum atomic E-state index is 0.649. The maximum atomic E-state index is 5.13. The van der Waals surface area contributed by atoms with Crippen molar-refractivity contribution in [3.8, 4) is 0 Å². The van der Waals surface area contributed by atoms with Crippen molar-refractivity contribution in [2.75, 3.05) is 7.11 Å². The molecule has 0 spiro atoms. The first-order valence-electron chi connectivity index (χ1n) is 6.33. The molecule has 5 heteroatoms. The zero-order chi connectivity index (χ0) is 13.7. The Morgan fingerprint density at radius 1 is 1.21 bits per heavy atom. The van der Waals surface area contributed by atoms with Gasteiger partial charge in [-0.2, -0.15) is 0 Å². The molecule has 19 heavy (non-hydrogen) atoms. The van der Waals surface area contributed by atoms with Crippen LogP contribution >= 0.6 is 0 Å².